The van der Waals surface area contributed by atoms with Crippen LogP contribution in [0.4, 0.5) is 10.5 Å². The Bertz CT molecular complexity index is 1130. The number of benzene rings is 3. The van der Waals surface area contributed by atoms with Crippen LogP contribution in [-0.4, -0.2) is 19.2 Å². The van der Waals surface area contributed by atoms with Crippen LogP contribution in [0.5, 0.6) is 0 Å². The third-order valence-corrected chi connectivity index (χ3v) is 5.44. The first kappa shape index (κ1) is 20.2. The number of nitrogen functional groups attached to an aromatic ring is 1. The van der Waals surface area contributed by atoms with Gasteiger partial charge in [0.15, 0.2) is 0 Å². The molecule has 3 aromatic carbocycles. The number of hydrogen-bond acceptors (Lipinski definition) is 4. The molecule has 1 aliphatic rings. The van der Waals surface area contributed by atoms with Gasteiger partial charge in [-0.25, -0.2) is 4.79 Å². The number of carbonyl (C=O) groups is 1. The van der Waals surface area contributed by atoms with E-state index in [0.717, 1.165) is 5.56 Å². The van der Waals surface area contributed by atoms with Crippen molar-refractivity contribution in [3.63, 3.8) is 0 Å². The first-order chi connectivity index (χ1) is 15.2. The maximum Gasteiger partial charge on any atom is 0.407 e. The predicted molar refractivity (Wildman–Crippen MR) is 122 cm³/mol. The van der Waals surface area contributed by atoms with E-state index >= 15 is 0 Å². The summed E-state index contributed by atoms with van der Waals surface area (Å²) < 4.78 is 5.52. The van der Waals surface area contributed by atoms with Crippen LogP contribution in [0.1, 0.15) is 34.6 Å². The third-order valence-electron chi connectivity index (χ3n) is 5.44. The summed E-state index contributed by atoms with van der Waals surface area (Å²) in [6.07, 6.45) is 3.97. The Morgan fingerprint density at radius 3 is 2.42 bits per heavy atom. The van der Waals surface area contributed by atoms with Gasteiger partial charge in [0.1, 0.15) is 6.61 Å². The third kappa shape index (κ3) is 4.44. The van der Waals surface area contributed by atoms with E-state index in [1.807, 2.05) is 36.4 Å². The number of nitrogens with one attached hydrogen (secondary N) is 1. The van der Waals surface area contributed by atoms with E-state index in [1.54, 1.807) is 18.2 Å². The standard InChI is InChI=1S/C26H23N3O2/c27-16-18-12-13-25(28)19(15-18)7-5-6-14-29-26(30)31-17-24-22-10-3-1-8-20(22)21-9-2-4-11-23(21)24/h1-5,7-13,15,24H,6,14,17,28H2,(H,29,30). The number of amides is 1. The van der Waals surface area contributed by atoms with Crippen molar-refractivity contribution in [1.29, 1.82) is 5.26 Å². The number of rotatable bonds is 6. The molecule has 0 fully saturated rings. The summed E-state index contributed by atoms with van der Waals surface area (Å²) in [7, 11) is 0. The van der Waals surface area contributed by atoms with E-state index < -0.39 is 6.09 Å². The fraction of sp³-hybridized carbons (Fsp3) is 0.154. The summed E-state index contributed by atoms with van der Waals surface area (Å²) in [6, 6.07) is 23.8. The van der Waals surface area contributed by atoms with Gasteiger partial charge in [0.2, 0.25) is 0 Å². The molecule has 0 saturated heterocycles. The first-order valence-electron chi connectivity index (χ1n) is 10.2. The van der Waals surface area contributed by atoms with Gasteiger partial charge in [-0.05, 0) is 52.4 Å². The fourth-order valence-electron chi connectivity index (χ4n) is 3.91. The van der Waals surface area contributed by atoms with Crippen molar-refractivity contribution in [2.24, 2.45) is 0 Å². The Labute approximate surface area is 181 Å². The van der Waals surface area contributed by atoms with Crippen molar-refractivity contribution in [3.05, 3.63) is 95.1 Å². The summed E-state index contributed by atoms with van der Waals surface area (Å²) in [4.78, 5) is 12.2. The smallest absolute Gasteiger partial charge is 0.407 e. The van der Waals surface area contributed by atoms with Gasteiger partial charge >= 0.3 is 6.09 Å². The summed E-state index contributed by atoms with van der Waals surface area (Å²) in [5.41, 5.74) is 12.7. The van der Waals surface area contributed by atoms with Crippen LogP contribution in [0.25, 0.3) is 17.2 Å². The number of carbonyl (C=O) groups excluding carboxylic acids is 1. The molecular formula is C26H23N3O2. The molecule has 5 heteroatoms. The highest BCUT2D eigenvalue weighted by Gasteiger charge is 2.28. The van der Waals surface area contributed by atoms with Gasteiger partial charge in [0.25, 0.3) is 0 Å². The van der Waals surface area contributed by atoms with Gasteiger partial charge in [0, 0.05) is 18.2 Å². The highest BCUT2D eigenvalue weighted by atomic mass is 16.5. The molecule has 0 aromatic heterocycles. The molecule has 0 spiro atoms. The van der Waals surface area contributed by atoms with E-state index in [9.17, 15) is 4.79 Å². The van der Waals surface area contributed by atoms with Gasteiger partial charge in [-0.15, -0.1) is 0 Å². The highest BCUT2D eigenvalue weighted by molar-refractivity contribution is 5.79. The fourth-order valence-corrected chi connectivity index (χ4v) is 3.91. The van der Waals surface area contributed by atoms with Gasteiger partial charge in [0.05, 0.1) is 11.6 Å². The molecule has 0 bridgehead atoms. The Hall–Kier alpha value is -4.04. The molecule has 0 saturated carbocycles. The summed E-state index contributed by atoms with van der Waals surface area (Å²) in [5, 5.41) is 11.8. The molecule has 154 valence electrons. The molecule has 5 nitrogen and oxygen atoms in total. The highest BCUT2D eigenvalue weighted by Crippen LogP contribution is 2.44. The molecule has 0 atom stereocenters. The molecule has 1 aliphatic carbocycles. The van der Waals surface area contributed by atoms with E-state index in [4.69, 9.17) is 15.7 Å². The number of ether oxygens (including phenoxy) is 1. The van der Waals surface area contributed by atoms with Crippen molar-refractivity contribution in [1.82, 2.24) is 5.32 Å². The number of nitrogens with two attached hydrogens (primary N) is 1. The second kappa shape index (κ2) is 9.19. The predicted octanol–water partition coefficient (Wildman–Crippen LogP) is 5.08. The number of hydrogen-bond donors (Lipinski definition) is 2. The number of fused-ring (bicyclic) bond motifs is 3. The van der Waals surface area contributed by atoms with Gasteiger partial charge in [-0.3, -0.25) is 0 Å². The maximum absolute atomic E-state index is 12.2. The zero-order valence-electron chi connectivity index (χ0n) is 17.0. The van der Waals surface area contributed by atoms with Crippen molar-refractivity contribution >= 4 is 17.9 Å². The zero-order chi connectivity index (χ0) is 21.6. The Balaban J connectivity index is 1.28. The molecule has 3 N–H and O–H groups in total. The summed E-state index contributed by atoms with van der Waals surface area (Å²) in [6.45, 7) is 0.748. The van der Waals surface area contributed by atoms with E-state index in [1.165, 1.54) is 22.3 Å². The molecule has 4 rings (SSSR count). The van der Waals surface area contributed by atoms with Gasteiger partial charge in [-0.1, -0.05) is 60.7 Å². The first-order valence-corrected chi connectivity index (χ1v) is 10.2. The molecular weight excluding hydrogens is 386 g/mol. The molecule has 0 unspecified atom stereocenters. The van der Waals surface area contributed by atoms with Crippen LogP contribution in [0.2, 0.25) is 0 Å². The van der Waals surface area contributed by atoms with E-state index in [2.05, 4.69) is 35.7 Å². The van der Waals surface area contributed by atoms with Crippen LogP contribution in [0.3, 0.4) is 0 Å². The lowest BCUT2D eigenvalue weighted by atomic mass is 9.98. The Kier molecular flexibility index (Phi) is 6.00. The topological polar surface area (TPSA) is 88.1 Å². The number of anilines is 1. The normalized spacial score (nSPS) is 12.2. The minimum absolute atomic E-state index is 0.0495. The number of nitriles is 1. The van der Waals surface area contributed by atoms with Crippen LogP contribution in [0, 0.1) is 11.3 Å². The molecule has 3 aromatic rings. The average Bonchev–Trinajstić information content (AvgIpc) is 3.12. The van der Waals surface area contributed by atoms with Crippen LogP contribution < -0.4 is 11.1 Å². The maximum atomic E-state index is 12.2. The monoisotopic (exact) mass is 409 g/mol. The average molecular weight is 409 g/mol. The molecule has 0 aliphatic heterocycles. The lowest BCUT2D eigenvalue weighted by Gasteiger charge is -2.14. The minimum atomic E-state index is -0.429. The van der Waals surface area contributed by atoms with Crippen molar-refractivity contribution in [2.45, 2.75) is 12.3 Å². The lowest BCUT2D eigenvalue weighted by Crippen LogP contribution is -2.26. The SMILES string of the molecule is N#Cc1ccc(N)c(C=CCCNC(=O)OCC2c3ccccc3-c3ccccc32)c1. The minimum Gasteiger partial charge on any atom is -0.449 e. The van der Waals surface area contributed by atoms with Gasteiger partial charge in [-0.2, -0.15) is 5.26 Å². The largest absolute Gasteiger partial charge is 0.449 e. The second-order valence-corrected chi connectivity index (χ2v) is 7.40. The lowest BCUT2D eigenvalue weighted by molar-refractivity contribution is 0.143. The van der Waals surface area contributed by atoms with E-state index in [-0.39, 0.29) is 5.92 Å². The van der Waals surface area contributed by atoms with Crippen LogP contribution >= 0.6 is 0 Å². The van der Waals surface area contributed by atoms with Crippen LogP contribution in [-0.2, 0) is 4.74 Å². The molecule has 0 heterocycles. The Morgan fingerprint density at radius 2 is 1.74 bits per heavy atom. The molecule has 31 heavy (non-hydrogen) atoms. The number of nitrogens with zero attached hydrogens (tertiary/aromatic N) is 1. The van der Waals surface area contributed by atoms with Gasteiger partial charge < -0.3 is 15.8 Å². The number of alkyl carbamates (subject to hydrolysis) is 1. The van der Waals surface area contributed by atoms with E-state index in [0.29, 0.717) is 30.8 Å². The summed E-state index contributed by atoms with van der Waals surface area (Å²) >= 11 is 0. The van der Waals surface area contributed by atoms with Crippen molar-refractivity contribution in [2.75, 3.05) is 18.9 Å². The second-order valence-electron chi connectivity index (χ2n) is 7.40. The molecule has 0 radical (unpaired) electrons. The zero-order valence-corrected chi connectivity index (χ0v) is 17.0. The summed E-state index contributed by atoms with van der Waals surface area (Å²) in [5.74, 6) is 0.0495. The van der Waals surface area contributed by atoms with Crippen LogP contribution in [0.15, 0.2) is 72.8 Å². The quantitative estimate of drug-likeness (QED) is 0.439. The molecule has 1 amide bonds. The Morgan fingerprint density at radius 1 is 1.06 bits per heavy atom. The van der Waals surface area contributed by atoms with Crippen molar-refractivity contribution < 1.29 is 9.53 Å². The van der Waals surface area contributed by atoms with Crippen molar-refractivity contribution in [3.8, 4) is 17.2 Å².